The number of hydrogen-bond acceptors (Lipinski definition) is 6. The smallest absolute Gasteiger partial charge is 0.267 e. The van der Waals surface area contributed by atoms with Crippen LogP contribution in [0.5, 0.6) is 0 Å². The molecule has 0 atom stereocenters. The minimum atomic E-state index is -0.226. The minimum Gasteiger partial charge on any atom is -0.267 e. The van der Waals surface area contributed by atoms with Gasteiger partial charge in [0.25, 0.3) is 5.91 Å². The summed E-state index contributed by atoms with van der Waals surface area (Å²) in [6, 6.07) is 13.4. The molecule has 1 N–H and O–H groups in total. The van der Waals surface area contributed by atoms with Crippen LogP contribution < -0.4 is 5.43 Å². The highest BCUT2D eigenvalue weighted by atomic mass is 32.2. The molecule has 0 bridgehead atoms. The molecule has 5 nitrogen and oxygen atoms in total. The Morgan fingerprint density at radius 3 is 2.44 bits per heavy atom. The molecule has 0 unspecified atom stereocenters. The molecule has 7 heteroatoms. The summed E-state index contributed by atoms with van der Waals surface area (Å²) in [6.07, 6.45) is 1.66. The second kappa shape index (κ2) is 8.92. The van der Waals surface area contributed by atoms with Gasteiger partial charge in [-0.25, -0.2) is 15.4 Å². The summed E-state index contributed by atoms with van der Waals surface area (Å²) in [5.41, 5.74) is 6.18. The molecule has 2 aromatic heterocycles. The zero-order valence-electron chi connectivity index (χ0n) is 15.4. The zero-order chi connectivity index (χ0) is 19.2. The SMILES string of the molecule is Cc1cc(C)nc(SCc2ccc(C(=O)N/N=C\c3ccc(C)s3)cc2)n1. The van der Waals surface area contributed by atoms with Crippen LogP contribution >= 0.6 is 23.1 Å². The van der Waals surface area contributed by atoms with Gasteiger partial charge in [0.05, 0.1) is 6.21 Å². The summed E-state index contributed by atoms with van der Waals surface area (Å²) in [5, 5.41) is 4.78. The highest BCUT2D eigenvalue weighted by Gasteiger charge is 2.06. The highest BCUT2D eigenvalue weighted by molar-refractivity contribution is 7.98. The van der Waals surface area contributed by atoms with E-state index in [1.54, 1.807) is 41.4 Å². The van der Waals surface area contributed by atoms with Crippen LogP contribution in [0.2, 0.25) is 0 Å². The van der Waals surface area contributed by atoms with Gasteiger partial charge in [0, 0.05) is 32.5 Å². The average molecular weight is 397 g/mol. The Labute approximate surface area is 167 Å². The molecule has 1 amide bonds. The molecule has 1 aromatic carbocycles. The van der Waals surface area contributed by atoms with Crippen LogP contribution in [0.3, 0.4) is 0 Å². The predicted molar refractivity (Wildman–Crippen MR) is 112 cm³/mol. The van der Waals surface area contributed by atoms with E-state index in [1.807, 2.05) is 51.1 Å². The summed E-state index contributed by atoms with van der Waals surface area (Å²) in [6.45, 7) is 5.97. The Bertz CT molecular complexity index is 944. The molecule has 0 saturated heterocycles. The molecule has 138 valence electrons. The van der Waals surface area contributed by atoms with Crippen LogP contribution in [0.15, 0.2) is 52.7 Å². The number of carbonyl (C=O) groups excluding carboxylic acids is 1. The average Bonchev–Trinajstić information content (AvgIpc) is 3.05. The van der Waals surface area contributed by atoms with Crippen LogP contribution in [-0.2, 0) is 5.75 Å². The number of aryl methyl sites for hydroxylation is 3. The molecule has 0 aliphatic heterocycles. The lowest BCUT2D eigenvalue weighted by molar-refractivity contribution is 0.0955. The highest BCUT2D eigenvalue weighted by Crippen LogP contribution is 2.20. The van der Waals surface area contributed by atoms with Crippen LogP contribution in [0.25, 0.3) is 0 Å². The lowest BCUT2D eigenvalue weighted by atomic mass is 10.1. The Hall–Kier alpha value is -2.51. The molecular weight excluding hydrogens is 376 g/mol. The van der Waals surface area contributed by atoms with E-state index in [0.717, 1.165) is 32.7 Å². The van der Waals surface area contributed by atoms with Crippen molar-refractivity contribution >= 4 is 35.2 Å². The van der Waals surface area contributed by atoms with Crippen molar-refractivity contribution in [3.05, 3.63) is 74.7 Å². The van der Waals surface area contributed by atoms with Crippen molar-refractivity contribution in [2.45, 2.75) is 31.7 Å². The molecule has 0 saturated carbocycles. The van der Waals surface area contributed by atoms with E-state index in [4.69, 9.17) is 0 Å². The molecule has 27 heavy (non-hydrogen) atoms. The van der Waals surface area contributed by atoms with Crippen molar-refractivity contribution in [1.29, 1.82) is 0 Å². The Morgan fingerprint density at radius 1 is 1.11 bits per heavy atom. The number of nitrogens with one attached hydrogen (secondary N) is 1. The van der Waals surface area contributed by atoms with E-state index in [0.29, 0.717) is 5.56 Å². The van der Waals surface area contributed by atoms with Crippen molar-refractivity contribution in [2.24, 2.45) is 5.10 Å². The maximum absolute atomic E-state index is 12.2. The Morgan fingerprint density at radius 2 is 1.81 bits per heavy atom. The number of hydrazone groups is 1. The number of amides is 1. The van der Waals surface area contributed by atoms with Crippen molar-refractivity contribution < 1.29 is 4.79 Å². The van der Waals surface area contributed by atoms with E-state index in [-0.39, 0.29) is 5.91 Å². The number of rotatable bonds is 6. The molecule has 0 fully saturated rings. The zero-order valence-corrected chi connectivity index (χ0v) is 17.0. The van der Waals surface area contributed by atoms with E-state index in [2.05, 4.69) is 20.5 Å². The third kappa shape index (κ3) is 5.74. The number of carbonyl (C=O) groups is 1. The monoisotopic (exact) mass is 396 g/mol. The number of hydrogen-bond donors (Lipinski definition) is 1. The molecule has 0 radical (unpaired) electrons. The van der Waals surface area contributed by atoms with Gasteiger partial charge in [-0.1, -0.05) is 23.9 Å². The van der Waals surface area contributed by atoms with E-state index < -0.39 is 0 Å². The molecule has 3 aromatic rings. The van der Waals surface area contributed by atoms with E-state index in [9.17, 15) is 4.79 Å². The maximum atomic E-state index is 12.2. The quantitative estimate of drug-likeness (QED) is 0.288. The summed E-state index contributed by atoms with van der Waals surface area (Å²) in [5.74, 6) is 0.525. The molecule has 2 heterocycles. The topological polar surface area (TPSA) is 67.2 Å². The number of thiophene rings is 1. The minimum absolute atomic E-state index is 0.226. The lowest BCUT2D eigenvalue weighted by Gasteiger charge is -2.04. The second-order valence-corrected chi connectivity index (χ2v) is 8.33. The largest absolute Gasteiger partial charge is 0.271 e. The van der Waals surface area contributed by atoms with Gasteiger partial charge in [-0.05, 0) is 56.7 Å². The van der Waals surface area contributed by atoms with Crippen molar-refractivity contribution in [3.8, 4) is 0 Å². The number of benzene rings is 1. The van der Waals surface area contributed by atoms with Crippen molar-refractivity contribution in [1.82, 2.24) is 15.4 Å². The summed E-state index contributed by atoms with van der Waals surface area (Å²) in [4.78, 5) is 23.2. The number of aromatic nitrogens is 2. The van der Waals surface area contributed by atoms with Crippen LogP contribution in [0.4, 0.5) is 0 Å². The van der Waals surface area contributed by atoms with Gasteiger partial charge in [-0.2, -0.15) is 5.10 Å². The molecular formula is C20H20N4OS2. The Balaban J connectivity index is 1.54. The molecule has 0 aliphatic rings. The van der Waals surface area contributed by atoms with Gasteiger partial charge >= 0.3 is 0 Å². The van der Waals surface area contributed by atoms with Gasteiger partial charge in [-0.3, -0.25) is 4.79 Å². The number of thioether (sulfide) groups is 1. The standard InChI is InChI=1S/C20H20N4OS2/c1-13-10-14(2)23-20(22-13)26-12-16-5-7-17(8-6-16)19(25)24-21-11-18-9-4-15(3)27-18/h4-11H,12H2,1-3H3,(H,24,25)/b21-11-. The molecule has 0 aliphatic carbocycles. The first-order valence-electron chi connectivity index (χ1n) is 8.43. The van der Waals surface area contributed by atoms with Gasteiger partial charge in [0.15, 0.2) is 5.16 Å². The summed E-state index contributed by atoms with van der Waals surface area (Å²) in [7, 11) is 0. The fourth-order valence-corrected chi connectivity index (χ4v) is 4.05. The fraction of sp³-hybridized carbons (Fsp3) is 0.200. The Kier molecular flexibility index (Phi) is 6.36. The van der Waals surface area contributed by atoms with Crippen LogP contribution in [0.1, 0.15) is 37.1 Å². The fourth-order valence-electron chi connectivity index (χ4n) is 2.40. The van der Waals surface area contributed by atoms with Gasteiger partial charge < -0.3 is 0 Å². The van der Waals surface area contributed by atoms with Crippen molar-refractivity contribution in [3.63, 3.8) is 0 Å². The summed E-state index contributed by atoms with van der Waals surface area (Å²) >= 11 is 3.21. The lowest BCUT2D eigenvalue weighted by Crippen LogP contribution is -2.17. The third-order valence-corrected chi connectivity index (χ3v) is 5.52. The molecule has 3 rings (SSSR count). The first-order valence-corrected chi connectivity index (χ1v) is 10.2. The van der Waals surface area contributed by atoms with Crippen molar-refractivity contribution in [2.75, 3.05) is 0 Å². The maximum Gasteiger partial charge on any atom is 0.271 e. The van der Waals surface area contributed by atoms with Gasteiger partial charge in [-0.15, -0.1) is 11.3 Å². The van der Waals surface area contributed by atoms with Crippen LogP contribution in [-0.4, -0.2) is 22.1 Å². The predicted octanol–water partition coefficient (Wildman–Crippen LogP) is 4.52. The van der Waals surface area contributed by atoms with Gasteiger partial charge in [0.2, 0.25) is 0 Å². The first kappa shape index (κ1) is 19.3. The van der Waals surface area contributed by atoms with E-state index in [1.165, 1.54) is 4.88 Å². The first-order chi connectivity index (χ1) is 13.0. The second-order valence-electron chi connectivity index (χ2n) is 6.07. The number of nitrogens with zero attached hydrogens (tertiary/aromatic N) is 3. The summed E-state index contributed by atoms with van der Waals surface area (Å²) < 4.78 is 0. The van der Waals surface area contributed by atoms with Gasteiger partial charge in [0.1, 0.15) is 0 Å². The molecule has 0 spiro atoms. The normalized spacial score (nSPS) is 11.1. The van der Waals surface area contributed by atoms with Crippen LogP contribution in [0, 0.1) is 20.8 Å². The van der Waals surface area contributed by atoms with E-state index >= 15 is 0 Å². The third-order valence-electron chi connectivity index (χ3n) is 3.66.